The lowest BCUT2D eigenvalue weighted by Crippen LogP contribution is -2.36. The van der Waals surface area contributed by atoms with E-state index >= 15 is 0 Å². The predicted octanol–water partition coefficient (Wildman–Crippen LogP) is 5.01. The number of carbonyl (C=O) groups is 1. The molecule has 152 valence electrons. The second-order valence-electron chi connectivity index (χ2n) is 6.17. The number of aromatic amines is 1. The van der Waals surface area contributed by atoms with Crippen LogP contribution in [-0.4, -0.2) is 21.0 Å². The number of H-pyrrole nitrogens is 1. The molecule has 0 aliphatic carbocycles. The highest BCUT2D eigenvalue weighted by molar-refractivity contribution is 9.11. The SMILES string of the molecule is O=C(Nc1ccc(Br)cn1)c1[nH][n+]2c(C(F)(F)F)cc(-c3ccccc3)nc2c1Br. The molecule has 3 aromatic heterocycles. The van der Waals surface area contributed by atoms with Crippen molar-refractivity contribution in [3.8, 4) is 11.3 Å². The molecular weight excluding hydrogens is 531 g/mol. The molecule has 11 heteroatoms. The zero-order valence-corrected chi connectivity index (χ0v) is 18.0. The van der Waals surface area contributed by atoms with Crippen molar-refractivity contribution in [3.63, 3.8) is 0 Å². The van der Waals surface area contributed by atoms with Gasteiger partial charge in [0.25, 0.3) is 5.91 Å². The number of halogens is 5. The third-order valence-corrected chi connectivity index (χ3v) is 5.37. The summed E-state index contributed by atoms with van der Waals surface area (Å²) in [4.78, 5) is 21.0. The average Bonchev–Trinajstić information content (AvgIpc) is 3.05. The van der Waals surface area contributed by atoms with Gasteiger partial charge in [0.1, 0.15) is 10.3 Å². The summed E-state index contributed by atoms with van der Waals surface area (Å²) in [5.74, 6) is -0.427. The first-order chi connectivity index (χ1) is 14.2. The summed E-state index contributed by atoms with van der Waals surface area (Å²) in [7, 11) is 0. The summed E-state index contributed by atoms with van der Waals surface area (Å²) in [6, 6.07) is 12.6. The number of nitrogens with one attached hydrogen (secondary N) is 2. The van der Waals surface area contributed by atoms with Crippen molar-refractivity contribution in [2.75, 3.05) is 5.32 Å². The van der Waals surface area contributed by atoms with Gasteiger partial charge in [-0.05, 0) is 49.0 Å². The average molecular weight is 542 g/mol. The minimum absolute atomic E-state index is 0.0717. The minimum atomic E-state index is -4.68. The molecule has 0 saturated heterocycles. The van der Waals surface area contributed by atoms with E-state index in [1.165, 1.54) is 6.20 Å². The molecular formula is C19H11Br2F3N5O+. The highest BCUT2D eigenvalue weighted by Gasteiger charge is 2.41. The molecule has 0 saturated carbocycles. The van der Waals surface area contributed by atoms with E-state index in [-0.39, 0.29) is 27.3 Å². The molecule has 0 fully saturated rings. The van der Waals surface area contributed by atoms with E-state index in [1.54, 1.807) is 42.5 Å². The van der Waals surface area contributed by atoms with E-state index < -0.39 is 17.8 Å². The molecule has 3 heterocycles. The Morgan fingerprint density at radius 1 is 1.10 bits per heavy atom. The maximum atomic E-state index is 13.7. The van der Waals surface area contributed by atoms with Crippen molar-refractivity contribution in [2.24, 2.45) is 0 Å². The molecule has 1 aromatic carbocycles. The van der Waals surface area contributed by atoms with E-state index in [9.17, 15) is 18.0 Å². The number of alkyl halides is 3. The molecule has 0 aliphatic rings. The van der Waals surface area contributed by atoms with Gasteiger partial charge >= 0.3 is 11.8 Å². The van der Waals surface area contributed by atoms with Crippen LogP contribution in [0.1, 0.15) is 16.2 Å². The van der Waals surface area contributed by atoms with Crippen molar-refractivity contribution in [1.82, 2.24) is 15.1 Å². The molecule has 1 amide bonds. The van der Waals surface area contributed by atoms with Gasteiger partial charge in [0.2, 0.25) is 5.69 Å². The Morgan fingerprint density at radius 3 is 2.47 bits per heavy atom. The van der Waals surface area contributed by atoms with Gasteiger partial charge in [-0.3, -0.25) is 4.79 Å². The Morgan fingerprint density at radius 2 is 1.83 bits per heavy atom. The van der Waals surface area contributed by atoms with Crippen LogP contribution in [0.25, 0.3) is 16.9 Å². The fourth-order valence-corrected chi connectivity index (χ4v) is 3.55. The molecule has 4 rings (SSSR count). The Hall–Kier alpha value is -2.79. The molecule has 30 heavy (non-hydrogen) atoms. The second-order valence-corrected chi connectivity index (χ2v) is 7.87. The smallest absolute Gasteiger partial charge is 0.305 e. The van der Waals surface area contributed by atoms with Gasteiger partial charge < -0.3 is 5.32 Å². The van der Waals surface area contributed by atoms with Gasteiger partial charge in [-0.15, -0.1) is 4.52 Å². The number of rotatable bonds is 3. The lowest BCUT2D eigenvalue weighted by atomic mass is 10.1. The molecule has 0 radical (unpaired) electrons. The first kappa shape index (κ1) is 20.5. The van der Waals surface area contributed by atoms with Crippen LogP contribution in [0.2, 0.25) is 0 Å². The number of benzene rings is 1. The summed E-state index contributed by atoms with van der Waals surface area (Å²) >= 11 is 6.45. The summed E-state index contributed by atoms with van der Waals surface area (Å²) in [5.41, 5.74) is -0.541. The van der Waals surface area contributed by atoms with Crippen molar-refractivity contribution < 1.29 is 22.5 Å². The van der Waals surface area contributed by atoms with E-state index in [1.807, 2.05) is 0 Å². The van der Waals surface area contributed by atoms with Gasteiger partial charge in [0, 0.05) is 22.3 Å². The van der Waals surface area contributed by atoms with E-state index in [2.05, 4.69) is 52.2 Å². The third kappa shape index (κ3) is 3.94. The van der Waals surface area contributed by atoms with E-state index in [0.717, 1.165) is 15.1 Å². The molecule has 6 nitrogen and oxygen atoms in total. The fraction of sp³-hybridized carbons (Fsp3) is 0.0526. The number of anilines is 1. The number of hydrogen-bond donors (Lipinski definition) is 2. The summed E-state index contributed by atoms with van der Waals surface area (Å²) in [5, 5.41) is 5.02. The second kappa shape index (κ2) is 7.80. The van der Waals surface area contributed by atoms with E-state index in [0.29, 0.717) is 5.56 Å². The van der Waals surface area contributed by atoms with Crippen LogP contribution < -0.4 is 9.83 Å². The maximum absolute atomic E-state index is 13.7. The number of pyridine rings is 1. The zero-order chi connectivity index (χ0) is 21.5. The Labute approximate surface area is 184 Å². The molecule has 0 unspecified atom stereocenters. The van der Waals surface area contributed by atoms with Crippen LogP contribution in [0.4, 0.5) is 19.0 Å². The van der Waals surface area contributed by atoms with Gasteiger partial charge in [-0.1, -0.05) is 30.3 Å². The maximum Gasteiger partial charge on any atom is 0.456 e. The van der Waals surface area contributed by atoms with Crippen LogP contribution in [0.15, 0.2) is 63.7 Å². The van der Waals surface area contributed by atoms with Crippen molar-refractivity contribution in [2.45, 2.75) is 6.18 Å². The summed E-state index contributed by atoms with van der Waals surface area (Å²) < 4.78 is 42.8. The molecule has 0 atom stereocenters. The predicted molar refractivity (Wildman–Crippen MR) is 110 cm³/mol. The van der Waals surface area contributed by atoms with Gasteiger partial charge in [0.15, 0.2) is 11.4 Å². The topological polar surface area (TPSA) is 74.8 Å². The Kier molecular flexibility index (Phi) is 5.33. The van der Waals surface area contributed by atoms with Crippen LogP contribution in [0.5, 0.6) is 0 Å². The van der Waals surface area contributed by atoms with Crippen molar-refractivity contribution >= 4 is 49.2 Å². The van der Waals surface area contributed by atoms with Crippen LogP contribution in [0.3, 0.4) is 0 Å². The monoisotopic (exact) mass is 540 g/mol. The number of aromatic nitrogens is 4. The lowest BCUT2D eigenvalue weighted by molar-refractivity contribution is -0.604. The van der Waals surface area contributed by atoms with Crippen LogP contribution >= 0.6 is 31.9 Å². The summed E-state index contributed by atoms with van der Waals surface area (Å²) in [6.45, 7) is 0. The van der Waals surface area contributed by atoms with Crippen LogP contribution in [-0.2, 0) is 6.18 Å². The highest BCUT2D eigenvalue weighted by Crippen LogP contribution is 2.31. The molecule has 0 spiro atoms. The quantitative estimate of drug-likeness (QED) is 0.358. The zero-order valence-electron chi connectivity index (χ0n) is 14.8. The van der Waals surface area contributed by atoms with E-state index in [4.69, 9.17) is 0 Å². The molecule has 0 aliphatic heterocycles. The minimum Gasteiger partial charge on any atom is -0.305 e. The van der Waals surface area contributed by atoms with Gasteiger partial charge in [0.05, 0.1) is 0 Å². The first-order valence-electron chi connectivity index (χ1n) is 8.44. The first-order valence-corrected chi connectivity index (χ1v) is 10.0. The largest absolute Gasteiger partial charge is 0.456 e. The molecule has 2 N–H and O–H groups in total. The number of amides is 1. The number of carbonyl (C=O) groups excluding carboxylic acids is 1. The molecule has 4 aromatic rings. The highest BCUT2D eigenvalue weighted by atomic mass is 79.9. The number of fused-ring (bicyclic) bond motifs is 1. The van der Waals surface area contributed by atoms with Crippen molar-refractivity contribution in [3.05, 3.63) is 75.1 Å². The number of nitrogens with zero attached hydrogens (tertiary/aromatic N) is 3. The van der Waals surface area contributed by atoms with Gasteiger partial charge in [-0.25, -0.2) is 10.1 Å². The Bertz CT molecular complexity index is 1240. The third-order valence-electron chi connectivity index (χ3n) is 4.15. The normalized spacial score (nSPS) is 11.6. The number of hydrogen-bond acceptors (Lipinski definition) is 3. The lowest BCUT2D eigenvalue weighted by Gasteiger charge is -2.05. The molecule has 0 bridgehead atoms. The Balaban J connectivity index is 1.84. The van der Waals surface area contributed by atoms with Gasteiger partial charge in [-0.2, -0.15) is 13.2 Å². The fourth-order valence-electron chi connectivity index (χ4n) is 2.78. The van der Waals surface area contributed by atoms with Crippen molar-refractivity contribution in [1.29, 1.82) is 0 Å². The van der Waals surface area contributed by atoms with Crippen LogP contribution in [0, 0.1) is 0 Å². The summed E-state index contributed by atoms with van der Waals surface area (Å²) in [6.07, 6.45) is -3.19. The standard InChI is InChI=1S/C19H10Br2F3N5O/c20-11-6-7-14(25-9-11)27-18(30)16-15(21)17-26-12(10-4-2-1-3-5-10)8-13(19(22,23)24)29(17)28-16/h1-9H,(H,25,27,30)/p+1.